The molecule has 0 saturated carbocycles. The topological polar surface area (TPSA) is 74.2 Å². The van der Waals surface area contributed by atoms with E-state index in [0.717, 1.165) is 17.7 Å². The van der Waals surface area contributed by atoms with Gasteiger partial charge in [0.05, 0.1) is 6.61 Å². The molecule has 102 valence electrons. The summed E-state index contributed by atoms with van der Waals surface area (Å²) in [4.78, 5) is 4.33. The van der Waals surface area contributed by atoms with Gasteiger partial charge in [0.2, 0.25) is 0 Å². The van der Waals surface area contributed by atoms with Crippen molar-refractivity contribution in [3.63, 3.8) is 0 Å². The van der Waals surface area contributed by atoms with Crippen molar-refractivity contribution in [2.45, 2.75) is 32.7 Å². The zero-order valence-electron chi connectivity index (χ0n) is 11.3. The maximum Gasteiger partial charge on any atom is 0.258 e. The number of nitrogens with zero attached hydrogens (tertiary/aromatic N) is 2. The predicted octanol–water partition coefficient (Wildman–Crippen LogP) is 2.42. The quantitative estimate of drug-likeness (QED) is 0.864. The van der Waals surface area contributed by atoms with Gasteiger partial charge in [-0.15, -0.1) is 0 Å². The van der Waals surface area contributed by atoms with Crippen LogP contribution in [0.3, 0.4) is 0 Å². The minimum atomic E-state index is 0.0182. The van der Waals surface area contributed by atoms with Gasteiger partial charge in [-0.3, -0.25) is 0 Å². The minimum absolute atomic E-state index is 0.0182. The molecule has 2 aromatic rings. The van der Waals surface area contributed by atoms with Crippen LogP contribution in [0.5, 0.6) is 5.75 Å². The maximum atomic E-state index is 5.71. The van der Waals surface area contributed by atoms with Gasteiger partial charge in [-0.25, -0.2) is 0 Å². The zero-order chi connectivity index (χ0) is 13.7. The second-order valence-corrected chi connectivity index (χ2v) is 4.57. The van der Waals surface area contributed by atoms with Crippen molar-refractivity contribution in [1.29, 1.82) is 0 Å². The van der Waals surface area contributed by atoms with Gasteiger partial charge in [0.1, 0.15) is 5.75 Å². The fourth-order valence-electron chi connectivity index (χ4n) is 1.68. The molecule has 0 aliphatic rings. The molecule has 1 unspecified atom stereocenters. The molecule has 1 aromatic heterocycles. The monoisotopic (exact) mass is 261 g/mol. The zero-order valence-corrected chi connectivity index (χ0v) is 11.3. The van der Waals surface area contributed by atoms with Crippen LogP contribution in [0.4, 0.5) is 0 Å². The van der Waals surface area contributed by atoms with Crippen LogP contribution in [-0.2, 0) is 6.42 Å². The van der Waals surface area contributed by atoms with Gasteiger partial charge < -0.3 is 15.0 Å². The molecule has 0 spiro atoms. The summed E-state index contributed by atoms with van der Waals surface area (Å²) in [5.41, 5.74) is 6.57. The number of aromatic nitrogens is 2. The first-order chi connectivity index (χ1) is 9.19. The molecule has 0 aliphatic heterocycles. The van der Waals surface area contributed by atoms with E-state index in [0.29, 0.717) is 24.7 Å². The summed E-state index contributed by atoms with van der Waals surface area (Å²) in [6.45, 7) is 4.68. The summed E-state index contributed by atoms with van der Waals surface area (Å²) in [5.74, 6) is 1.94. The number of nitrogens with two attached hydrogens (primary N) is 1. The lowest BCUT2D eigenvalue weighted by Gasteiger charge is -2.04. The fourth-order valence-corrected chi connectivity index (χ4v) is 1.68. The molecular weight excluding hydrogens is 242 g/mol. The van der Waals surface area contributed by atoms with Crippen molar-refractivity contribution in [2.24, 2.45) is 5.73 Å². The van der Waals surface area contributed by atoms with Gasteiger partial charge in [-0.2, -0.15) is 4.98 Å². The summed E-state index contributed by atoms with van der Waals surface area (Å²) in [6.07, 6.45) is 1.58. The van der Waals surface area contributed by atoms with E-state index in [9.17, 15) is 0 Å². The molecule has 19 heavy (non-hydrogen) atoms. The molecule has 0 radical (unpaired) electrons. The first kappa shape index (κ1) is 13.5. The molecule has 2 rings (SSSR count). The Bertz CT molecular complexity index is 523. The average Bonchev–Trinajstić information content (AvgIpc) is 2.84. The smallest absolute Gasteiger partial charge is 0.258 e. The van der Waals surface area contributed by atoms with Crippen molar-refractivity contribution >= 4 is 0 Å². The van der Waals surface area contributed by atoms with Gasteiger partial charge in [0, 0.05) is 18.0 Å². The lowest BCUT2D eigenvalue weighted by Crippen LogP contribution is -2.18. The molecule has 2 N–H and O–H groups in total. The van der Waals surface area contributed by atoms with Crippen LogP contribution in [0.2, 0.25) is 0 Å². The number of ether oxygens (including phenoxy) is 1. The first-order valence-corrected chi connectivity index (χ1v) is 6.50. The van der Waals surface area contributed by atoms with Crippen molar-refractivity contribution in [2.75, 3.05) is 6.61 Å². The lowest BCUT2D eigenvalue weighted by molar-refractivity contribution is 0.317. The van der Waals surface area contributed by atoms with Gasteiger partial charge in [-0.1, -0.05) is 18.1 Å². The van der Waals surface area contributed by atoms with Crippen LogP contribution in [0.1, 0.15) is 26.1 Å². The third-order valence-electron chi connectivity index (χ3n) is 2.53. The van der Waals surface area contributed by atoms with E-state index in [1.165, 1.54) is 0 Å². The average molecular weight is 261 g/mol. The highest BCUT2D eigenvalue weighted by Gasteiger charge is 2.10. The SMILES string of the molecule is CCCOc1cccc(-c2nc(CC(C)N)no2)c1. The van der Waals surface area contributed by atoms with E-state index in [4.69, 9.17) is 15.0 Å². The molecule has 1 aromatic carbocycles. The Kier molecular flexibility index (Phi) is 4.52. The molecular formula is C14H19N3O2. The Morgan fingerprint density at radius 3 is 3.00 bits per heavy atom. The Morgan fingerprint density at radius 2 is 2.26 bits per heavy atom. The Hall–Kier alpha value is -1.88. The number of rotatable bonds is 6. The minimum Gasteiger partial charge on any atom is -0.494 e. The second-order valence-electron chi connectivity index (χ2n) is 4.57. The van der Waals surface area contributed by atoms with Crippen molar-refractivity contribution in [3.8, 4) is 17.2 Å². The summed E-state index contributed by atoms with van der Waals surface area (Å²) in [6, 6.07) is 7.67. The largest absolute Gasteiger partial charge is 0.494 e. The molecule has 1 atom stereocenters. The van der Waals surface area contributed by atoms with E-state index in [1.807, 2.05) is 31.2 Å². The summed E-state index contributed by atoms with van der Waals surface area (Å²) in [5, 5.41) is 3.92. The molecule has 0 bridgehead atoms. The Labute approximate surface area is 112 Å². The fraction of sp³-hybridized carbons (Fsp3) is 0.429. The van der Waals surface area contributed by atoms with Crippen LogP contribution >= 0.6 is 0 Å². The summed E-state index contributed by atoms with van der Waals surface area (Å²) >= 11 is 0. The van der Waals surface area contributed by atoms with Crippen LogP contribution < -0.4 is 10.5 Å². The normalized spacial score (nSPS) is 12.4. The van der Waals surface area contributed by atoms with Crippen LogP contribution in [-0.4, -0.2) is 22.8 Å². The van der Waals surface area contributed by atoms with E-state index in [1.54, 1.807) is 0 Å². The molecule has 5 nitrogen and oxygen atoms in total. The predicted molar refractivity (Wildman–Crippen MR) is 72.9 cm³/mol. The van der Waals surface area contributed by atoms with E-state index >= 15 is 0 Å². The van der Waals surface area contributed by atoms with Crippen molar-refractivity contribution < 1.29 is 9.26 Å². The maximum absolute atomic E-state index is 5.71. The van der Waals surface area contributed by atoms with E-state index in [-0.39, 0.29) is 6.04 Å². The number of benzene rings is 1. The Balaban J connectivity index is 2.14. The molecule has 0 aliphatic carbocycles. The van der Waals surface area contributed by atoms with Crippen LogP contribution in [0.25, 0.3) is 11.5 Å². The summed E-state index contributed by atoms with van der Waals surface area (Å²) in [7, 11) is 0. The van der Waals surface area contributed by atoms with Gasteiger partial charge in [0.15, 0.2) is 5.82 Å². The highest BCUT2D eigenvalue weighted by Crippen LogP contribution is 2.22. The molecule has 0 saturated heterocycles. The van der Waals surface area contributed by atoms with Gasteiger partial charge in [-0.05, 0) is 31.5 Å². The highest BCUT2D eigenvalue weighted by atomic mass is 16.5. The van der Waals surface area contributed by atoms with Gasteiger partial charge >= 0.3 is 0 Å². The molecule has 0 amide bonds. The standard InChI is InChI=1S/C14H19N3O2/c1-3-7-18-12-6-4-5-11(9-12)14-16-13(17-19-14)8-10(2)15/h4-6,9-10H,3,7-8,15H2,1-2H3. The number of hydrogen-bond acceptors (Lipinski definition) is 5. The highest BCUT2D eigenvalue weighted by molar-refractivity contribution is 5.55. The third-order valence-corrected chi connectivity index (χ3v) is 2.53. The lowest BCUT2D eigenvalue weighted by atomic mass is 10.2. The second kappa shape index (κ2) is 6.33. The van der Waals surface area contributed by atoms with Crippen molar-refractivity contribution in [1.82, 2.24) is 10.1 Å². The van der Waals surface area contributed by atoms with Gasteiger partial charge in [0.25, 0.3) is 5.89 Å². The summed E-state index contributed by atoms with van der Waals surface area (Å²) < 4.78 is 10.8. The van der Waals surface area contributed by atoms with Crippen LogP contribution in [0.15, 0.2) is 28.8 Å². The first-order valence-electron chi connectivity index (χ1n) is 6.50. The van der Waals surface area contributed by atoms with E-state index < -0.39 is 0 Å². The van der Waals surface area contributed by atoms with Crippen molar-refractivity contribution in [3.05, 3.63) is 30.1 Å². The van der Waals surface area contributed by atoms with E-state index in [2.05, 4.69) is 17.1 Å². The molecule has 1 heterocycles. The number of hydrogen-bond donors (Lipinski definition) is 1. The molecule has 0 fully saturated rings. The third kappa shape index (κ3) is 3.79. The van der Waals surface area contributed by atoms with Crippen LogP contribution in [0, 0.1) is 0 Å². The molecule has 5 heteroatoms. The Morgan fingerprint density at radius 1 is 1.42 bits per heavy atom.